The number of nitrogens with zero attached hydrogens (tertiary/aromatic N) is 1. The average Bonchev–Trinajstić information content (AvgIpc) is 2.76. The molecule has 0 aromatic rings. The Hall–Kier alpha value is -0.110. The number of thioether (sulfide) groups is 1. The Labute approximate surface area is 213 Å². The van der Waals surface area contributed by atoms with Gasteiger partial charge in [0.1, 0.15) is 19.3 Å². The zero-order valence-electron chi connectivity index (χ0n) is 22.6. The lowest BCUT2D eigenvalue weighted by Gasteiger charge is -2.28. The van der Waals surface area contributed by atoms with Crippen molar-refractivity contribution in [3.8, 4) is 0 Å². The number of carbonyl (C=O) groups is 1. The van der Waals surface area contributed by atoms with Gasteiger partial charge in [0, 0.05) is 12.2 Å². The van der Waals surface area contributed by atoms with Gasteiger partial charge in [-0.05, 0) is 12.2 Å². The van der Waals surface area contributed by atoms with Gasteiger partial charge in [0.05, 0.1) is 27.7 Å². The predicted molar refractivity (Wildman–Crippen MR) is 141 cm³/mol. The maximum absolute atomic E-state index is 12.0. The fraction of sp³-hybridized carbons (Fsp3) is 0.960. The highest BCUT2D eigenvalue weighted by Gasteiger charge is 2.19. The zero-order valence-corrected chi connectivity index (χ0v) is 24.3. The second kappa shape index (κ2) is 21.0. The first-order chi connectivity index (χ1) is 16.1. The van der Waals surface area contributed by atoms with E-state index in [-0.39, 0.29) is 25.6 Å². The van der Waals surface area contributed by atoms with E-state index in [1.165, 1.54) is 70.6 Å². The number of rotatable bonds is 24. The number of esters is 1. The third-order valence-electron chi connectivity index (χ3n) is 5.46. The third-order valence-corrected chi connectivity index (χ3v) is 7.61. The Morgan fingerprint density at radius 2 is 1.41 bits per heavy atom. The number of ether oxygens (including phenoxy) is 1. The van der Waals surface area contributed by atoms with Crippen LogP contribution in [0.3, 0.4) is 0 Å². The molecular formula is C25H52NO6PS. The Morgan fingerprint density at radius 1 is 0.882 bits per heavy atom. The van der Waals surface area contributed by atoms with Crippen LogP contribution in [0.1, 0.15) is 97.3 Å². The molecule has 204 valence electrons. The normalized spacial score (nSPS) is 14.6. The van der Waals surface area contributed by atoms with E-state index in [9.17, 15) is 14.3 Å². The Kier molecular flexibility index (Phi) is 21.0. The largest absolute Gasteiger partial charge is 0.756 e. The number of phosphoric acid groups is 1. The van der Waals surface area contributed by atoms with Crippen molar-refractivity contribution in [3.63, 3.8) is 0 Å². The summed E-state index contributed by atoms with van der Waals surface area (Å²) >= 11 is 1.67. The summed E-state index contributed by atoms with van der Waals surface area (Å²) in [4.78, 5) is 23.7. The molecule has 0 aromatic heterocycles. The van der Waals surface area contributed by atoms with Gasteiger partial charge in [0.2, 0.25) is 0 Å². The molecule has 0 saturated carbocycles. The molecular weight excluding hydrogens is 473 g/mol. The lowest BCUT2D eigenvalue weighted by atomic mass is 10.1. The molecule has 0 aliphatic carbocycles. The monoisotopic (exact) mass is 525 g/mol. The molecule has 2 atom stereocenters. The van der Waals surface area contributed by atoms with Crippen LogP contribution in [0.2, 0.25) is 0 Å². The van der Waals surface area contributed by atoms with Gasteiger partial charge >= 0.3 is 5.97 Å². The molecule has 34 heavy (non-hydrogen) atoms. The molecule has 0 amide bonds. The van der Waals surface area contributed by atoms with E-state index < -0.39 is 13.9 Å². The summed E-state index contributed by atoms with van der Waals surface area (Å²) in [6.45, 7) is 4.36. The molecule has 0 bridgehead atoms. The summed E-state index contributed by atoms with van der Waals surface area (Å²) in [7, 11) is 1.44. The molecule has 0 aliphatic rings. The smallest absolute Gasteiger partial charge is 0.305 e. The predicted octanol–water partition coefficient (Wildman–Crippen LogP) is 5.95. The summed E-state index contributed by atoms with van der Waals surface area (Å²) in [5.74, 6) is 1.13. The lowest BCUT2D eigenvalue weighted by Crippen LogP contribution is -2.37. The minimum absolute atomic E-state index is 0.0530. The summed E-state index contributed by atoms with van der Waals surface area (Å²) in [5.41, 5.74) is 0. The van der Waals surface area contributed by atoms with Gasteiger partial charge in [0.15, 0.2) is 0 Å². The van der Waals surface area contributed by atoms with Crippen molar-refractivity contribution in [3.05, 3.63) is 0 Å². The lowest BCUT2D eigenvalue weighted by molar-refractivity contribution is -0.870. The second-order valence-electron chi connectivity index (χ2n) is 10.0. The standard InChI is InChI=1S/C25H52NO6PS/c1-6-8-9-10-11-12-13-14-15-16-17-18-21-34-23-24(32-25(27)7-2)22-31-33(28,29)30-20-19-26(3,4)5/h24H,6-23H2,1-5H3. The van der Waals surface area contributed by atoms with Crippen LogP contribution < -0.4 is 4.89 Å². The van der Waals surface area contributed by atoms with Gasteiger partial charge in [-0.25, -0.2) is 0 Å². The van der Waals surface area contributed by atoms with Crippen LogP contribution in [0, 0.1) is 0 Å². The Morgan fingerprint density at radius 3 is 1.91 bits per heavy atom. The zero-order chi connectivity index (χ0) is 25.7. The quantitative estimate of drug-likeness (QED) is 0.0666. The summed E-state index contributed by atoms with van der Waals surface area (Å²) in [6, 6.07) is 0. The number of hydrogen-bond acceptors (Lipinski definition) is 7. The highest BCUT2D eigenvalue weighted by molar-refractivity contribution is 7.99. The van der Waals surface area contributed by atoms with E-state index >= 15 is 0 Å². The van der Waals surface area contributed by atoms with Crippen molar-refractivity contribution < 1.29 is 32.5 Å². The molecule has 9 heteroatoms. The number of phosphoric ester groups is 1. The van der Waals surface area contributed by atoms with Gasteiger partial charge < -0.3 is 23.2 Å². The van der Waals surface area contributed by atoms with Crippen LogP contribution in [-0.2, 0) is 23.1 Å². The van der Waals surface area contributed by atoms with Crippen molar-refractivity contribution in [1.29, 1.82) is 0 Å². The maximum Gasteiger partial charge on any atom is 0.305 e. The SMILES string of the molecule is CCCCCCCCCCCCCCSCC(COP(=O)([O-])OCC[N+](C)(C)C)OC(=O)CC. The second-order valence-corrected chi connectivity index (χ2v) is 12.6. The minimum atomic E-state index is -4.42. The van der Waals surface area contributed by atoms with Crippen LogP contribution in [0.5, 0.6) is 0 Å². The Balaban J connectivity index is 3.96. The van der Waals surface area contributed by atoms with Gasteiger partial charge in [-0.2, -0.15) is 11.8 Å². The number of quaternary nitrogens is 1. The molecule has 0 rings (SSSR count). The average molecular weight is 526 g/mol. The van der Waals surface area contributed by atoms with Crippen LogP contribution in [0.15, 0.2) is 0 Å². The molecule has 0 saturated heterocycles. The topological polar surface area (TPSA) is 84.9 Å². The number of unbranched alkanes of at least 4 members (excludes halogenated alkanes) is 11. The summed E-state index contributed by atoms with van der Waals surface area (Å²) in [6.07, 6.45) is 15.4. The number of carbonyl (C=O) groups excluding carboxylic acids is 1. The molecule has 0 spiro atoms. The maximum atomic E-state index is 12.0. The van der Waals surface area contributed by atoms with E-state index in [1.54, 1.807) is 18.7 Å². The molecule has 7 nitrogen and oxygen atoms in total. The van der Waals surface area contributed by atoms with Gasteiger partial charge in [-0.1, -0.05) is 84.5 Å². The van der Waals surface area contributed by atoms with E-state index in [0.717, 1.165) is 12.2 Å². The molecule has 0 radical (unpaired) electrons. The molecule has 0 aliphatic heterocycles. The van der Waals surface area contributed by atoms with Crippen molar-refractivity contribution >= 4 is 25.6 Å². The molecule has 0 aromatic carbocycles. The molecule has 0 N–H and O–H groups in total. The van der Waals surface area contributed by atoms with Crippen molar-refractivity contribution in [2.75, 3.05) is 52.4 Å². The Bertz CT molecular complexity index is 544. The van der Waals surface area contributed by atoms with Crippen molar-refractivity contribution in [2.45, 2.75) is 103 Å². The summed E-state index contributed by atoms with van der Waals surface area (Å²) in [5, 5.41) is 0. The minimum Gasteiger partial charge on any atom is -0.756 e. The highest BCUT2D eigenvalue weighted by atomic mass is 32.2. The van der Waals surface area contributed by atoms with E-state index in [0.29, 0.717) is 16.8 Å². The first-order valence-electron chi connectivity index (χ1n) is 13.3. The van der Waals surface area contributed by atoms with Crippen LogP contribution >= 0.6 is 19.6 Å². The molecule has 0 fully saturated rings. The van der Waals surface area contributed by atoms with E-state index in [2.05, 4.69) is 6.92 Å². The number of hydrogen-bond donors (Lipinski definition) is 0. The molecule has 2 unspecified atom stereocenters. The van der Waals surface area contributed by atoms with Crippen molar-refractivity contribution in [2.24, 2.45) is 0 Å². The van der Waals surface area contributed by atoms with E-state index in [1.807, 2.05) is 21.1 Å². The highest BCUT2D eigenvalue weighted by Crippen LogP contribution is 2.38. The number of likely N-dealkylation sites (N-methyl/N-ethyl adjacent to an activating group) is 1. The van der Waals surface area contributed by atoms with Gasteiger partial charge in [-0.3, -0.25) is 9.36 Å². The first-order valence-corrected chi connectivity index (χ1v) is 15.9. The first kappa shape index (κ1) is 33.9. The van der Waals surface area contributed by atoms with Crippen LogP contribution in [0.25, 0.3) is 0 Å². The fourth-order valence-electron chi connectivity index (χ4n) is 3.28. The van der Waals surface area contributed by atoms with Gasteiger partial charge in [0.25, 0.3) is 7.82 Å². The van der Waals surface area contributed by atoms with Crippen LogP contribution in [0.4, 0.5) is 0 Å². The fourth-order valence-corrected chi connectivity index (χ4v) is 5.01. The molecule has 0 heterocycles. The van der Waals surface area contributed by atoms with Gasteiger partial charge in [-0.15, -0.1) is 0 Å². The third kappa shape index (κ3) is 23.6. The summed E-state index contributed by atoms with van der Waals surface area (Å²) < 4.78 is 27.9. The van der Waals surface area contributed by atoms with Crippen molar-refractivity contribution in [1.82, 2.24) is 0 Å². The van der Waals surface area contributed by atoms with E-state index in [4.69, 9.17) is 13.8 Å². The van der Waals surface area contributed by atoms with Crippen LogP contribution in [-0.4, -0.2) is 69.0 Å².